The Morgan fingerprint density at radius 3 is 2.41 bits per heavy atom. The predicted molar refractivity (Wildman–Crippen MR) is 127 cm³/mol. The average molecular weight is 484 g/mol. The molecule has 3 aromatic rings. The molecule has 1 aromatic heterocycles. The quantitative estimate of drug-likeness (QED) is 0.451. The maximum absolute atomic E-state index is 13.0. The first kappa shape index (κ1) is 24.1. The Morgan fingerprint density at radius 2 is 1.82 bits per heavy atom. The van der Waals surface area contributed by atoms with Crippen molar-refractivity contribution in [3.8, 4) is 11.3 Å². The lowest BCUT2D eigenvalue weighted by atomic mass is 9.73. The maximum Gasteiger partial charge on any atom is 0.240 e. The summed E-state index contributed by atoms with van der Waals surface area (Å²) >= 11 is 0. The van der Waals surface area contributed by atoms with Crippen molar-refractivity contribution in [2.75, 3.05) is 6.61 Å². The molecule has 1 aliphatic rings. The van der Waals surface area contributed by atoms with Crippen molar-refractivity contribution in [3.05, 3.63) is 72.8 Å². The van der Waals surface area contributed by atoms with E-state index in [1.807, 2.05) is 37.3 Å². The van der Waals surface area contributed by atoms with Crippen LogP contribution in [-0.2, 0) is 14.8 Å². The molecule has 1 aliphatic carbocycles. The molecule has 3 N–H and O–H groups in total. The van der Waals surface area contributed by atoms with Gasteiger partial charge in [0.15, 0.2) is 6.39 Å². The topological polar surface area (TPSA) is 122 Å². The van der Waals surface area contributed by atoms with Gasteiger partial charge in [-0.1, -0.05) is 49.4 Å². The van der Waals surface area contributed by atoms with Crippen LogP contribution in [0.5, 0.6) is 0 Å². The van der Waals surface area contributed by atoms with Gasteiger partial charge >= 0.3 is 0 Å². The molecule has 1 saturated carbocycles. The number of carbonyl (C=O) groups excluding carboxylic acids is 1. The van der Waals surface area contributed by atoms with Crippen molar-refractivity contribution in [3.63, 3.8) is 0 Å². The SMILES string of the molecule is C[C@]1(C(=O)N[C@H](CO)c2ccccc2)CC[C@H](NS(=O)(=O)c2ccc(-c3cocn3)cc2)CC1. The third kappa shape index (κ3) is 5.38. The summed E-state index contributed by atoms with van der Waals surface area (Å²) in [7, 11) is -3.69. The predicted octanol–water partition coefficient (Wildman–Crippen LogP) is 3.42. The summed E-state index contributed by atoms with van der Waals surface area (Å²) in [6.45, 7) is 1.71. The van der Waals surface area contributed by atoms with Crippen LogP contribution >= 0.6 is 0 Å². The summed E-state index contributed by atoms with van der Waals surface area (Å²) in [5, 5.41) is 12.7. The number of aliphatic hydroxyl groups is 1. The van der Waals surface area contributed by atoms with Crippen molar-refractivity contribution < 1.29 is 22.7 Å². The maximum atomic E-state index is 13.0. The van der Waals surface area contributed by atoms with Crippen LogP contribution < -0.4 is 10.0 Å². The molecule has 1 atom stereocenters. The molecule has 8 nitrogen and oxygen atoms in total. The molecule has 0 saturated heterocycles. The number of oxazole rings is 1. The normalized spacial score (nSPS) is 21.6. The van der Waals surface area contributed by atoms with E-state index >= 15 is 0 Å². The molecule has 0 aliphatic heterocycles. The van der Waals surface area contributed by atoms with Crippen molar-refractivity contribution >= 4 is 15.9 Å². The number of rotatable bonds is 8. The number of sulfonamides is 1. The molecule has 0 radical (unpaired) electrons. The number of amides is 1. The third-order valence-electron chi connectivity index (χ3n) is 6.54. The van der Waals surface area contributed by atoms with E-state index in [-0.39, 0.29) is 23.5 Å². The fraction of sp³-hybridized carbons (Fsp3) is 0.360. The van der Waals surface area contributed by atoms with Crippen LogP contribution in [0.25, 0.3) is 11.3 Å². The fourth-order valence-electron chi connectivity index (χ4n) is 4.30. The number of nitrogens with one attached hydrogen (secondary N) is 2. The van der Waals surface area contributed by atoms with Crippen LogP contribution in [0.15, 0.2) is 76.6 Å². The number of carbonyl (C=O) groups is 1. The number of benzene rings is 2. The highest BCUT2D eigenvalue weighted by molar-refractivity contribution is 7.89. The highest BCUT2D eigenvalue weighted by Crippen LogP contribution is 2.37. The molecule has 0 bridgehead atoms. The lowest BCUT2D eigenvalue weighted by Gasteiger charge is -2.37. The Hall–Kier alpha value is -3.01. The van der Waals surface area contributed by atoms with Gasteiger partial charge in [-0.3, -0.25) is 4.79 Å². The molecule has 4 rings (SSSR count). The second-order valence-corrected chi connectivity index (χ2v) is 10.7. The Balaban J connectivity index is 1.35. The number of nitrogens with zero attached hydrogens (tertiary/aromatic N) is 1. The molecule has 1 amide bonds. The molecular formula is C25H29N3O5S. The van der Waals surface area contributed by atoms with Gasteiger partial charge in [0.2, 0.25) is 15.9 Å². The molecule has 2 aromatic carbocycles. The lowest BCUT2D eigenvalue weighted by Crippen LogP contribution is -2.47. The van der Waals surface area contributed by atoms with E-state index in [2.05, 4.69) is 15.0 Å². The monoisotopic (exact) mass is 483 g/mol. The largest absolute Gasteiger partial charge is 0.451 e. The summed E-state index contributed by atoms with van der Waals surface area (Å²) < 4.78 is 33.5. The van der Waals surface area contributed by atoms with Gasteiger partial charge in [-0.05, 0) is 43.4 Å². The average Bonchev–Trinajstić information content (AvgIpc) is 3.39. The third-order valence-corrected chi connectivity index (χ3v) is 8.08. The number of aromatic nitrogens is 1. The van der Waals surface area contributed by atoms with E-state index in [0.717, 1.165) is 11.1 Å². The summed E-state index contributed by atoms with van der Waals surface area (Å²) in [6, 6.07) is 15.1. The van der Waals surface area contributed by atoms with E-state index in [1.54, 1.807) is 24.3 Å². The Bertz CT molecular complexity index is 1190. The Morgan fingerprint density at radius 1 is 1.15 bits per heavy atom. The molecule has 9 heteroatoms. The van der Waals surface area contributed by atoms with Gasteiger partial charge in [-0.25, -0.2) is 18.1 Å². The molecule has 1 heterocycles. The number of aliphatic hydroxyl groups excluding tert-OH is 1. The standard InChI is InChI=1S/C25H29N3O5S/c1-25(24(30)27-22(15-29)18-5-3-2-4-6-18)13-11-20(12-14-25)28-34(31,32)21-9-7-19(8-10-21)23-16-33-17-26-23/h2-10,16-17,20,22,28-29H,11-15H2,1H3,(H,27,30)/t20-,22-,25-/m1/s1. The first-order valence-corrected chi connectivity index (χ1v) is 12.8. The van der Waals surface area contributed by atoms with E-state index < -0.39 is 21.5 Å². The Kier molecular flexibility index (Phi) is 7.16. The van der Waals surface area contributed by atoms with Crippen LogP contribution in [-0.4, -0.2) is 37.1 Å². The minimum Gasteiger partial charge on any atom is -0.451 e. The van der Waals surface area contributed by atoms with Gasteiger partial charge in [0.1, 0.15) is 12.0 Å². The summed E-state index contributed by atoms with van der Waals surface area (Å²) in [5.74, 6) is -0.125. The van der Waals surface area contributed by atoms with Crippen molar-refractivity contribution in [1.29, 1.82) is 0 Å². The highest BCUT2D eigenvalue weighted by Gasteiger charge is 2.39. The lowest BCUT2D eigenvalue weighted by molar-refractivity contribution is -0.133. The first-order chi connectivity index (χ1) is 16.3. The van der Waals surface area contributed by atoms with E-state index in [4.69, 9.17) is 4.42 Å². The minimum absolute atomic E-state index is 0.125. The number of hydrogen-bond donors (Lipinski definition) is 3. The fourth-order valence-corrected chi connectivity index (χ4v) is 5.60. The van der Waals surface area contributed by atoms with Crippen LogP contribution in [0.3, 0.4) is 0 Å². The van der Waals surface area contributed by atoms with Gasteiger partial charge in [0, 0.05) is 17.0 Å². The smallest absolute Gasteiger partial charge is 0.240 e. The number of hydrogen-bond acceptors (Lipinski definition) is 6. The molecule has 34 heavy (non-hydrogen) atoms. The zero-order valence-electron chi connectivity index (χ0n) is 19.0. The summed E-state index contributed by atoms with van der Waals surface area (Å²) in [6.07, 6.45) is 5.02. The highest BCUT2D eigenvalue weighted by atomic mass is 32.2. The van der Waals surface area contributed by atoms with Crippen LogP contribution in [0.4, 0.5) is 0 Å². The van der Waals surface area contributed by atoms with E-state index in [9.17, 15) is 18.3 Å². The van der Waals surface area contributed by atoms with Crippen LogP contribution in [0.2, 0.25) is 0 Å². The minimum atomic E-state index is -3.69. The zero-order chi connectivity index (χ0) is 24.2. The molecule has 1 fully saturated rings. The molecule has 180 valence electrons. The first-order valence-electron chi connectivity index (χ1n) is 11.3. The van der Waals surface area contributed by atoms with Gasteiger partial charge in [0.25, 0.3) is 0 Å². The van der Waals surface area contributed by atoms with Crippen LogP contribution in [0.1, 0.15) is 44.2 Å². The van der Waals surface area contributed by atoms with E-state index in [1.165, 1.54) is 12.7 Å². The zero-order valence-corrected chi connectivity index (χ0v) is 19.8. The second-order valence-electron chi connectivity index (χ2n) is 8.97. The Labute approximate surface area is 199 Å². The van der Waals surface area contributed by atoms with Crippen molar-refractivity contribution in [2.45, 2.75) is 49.6 Å². The van der Waals surface area contributed by atoms with Crippen LogP contribution in [0, 0.1) is 5.41 Å². The van der Waals surface area contributed by atoms with Crippen molar-refractivity contribution in [1.82, 2.24) is 15.0 Å². The van der Waals surface area contributed by atoms with Gasteiger partial charge in [0.05, 0.1) is 17.5 Å². The van der Waals surface area contributed by atoms with E-state index in [0.29, 0.717) is 31.4 Å². The molecule has 0 spiro atoms. The molecular weight excluding hydrogens is 454 g/mol. The second kappa shape index (κ2) is 10.1. The van der Waals surface area contributed by atoms with Gasteiger partial charge < -0.3 is 14.8 Å². The van der Waals surface area contributed by atoms with Gasteiger partial charge in [-0.2, -0.15) is 0 Å². The molecule has 0 unspecified atom stereocenters. The van der Waals surface area contributed by atoms with Gasteiger partial charge in [-0.15, -0.1) is 0 Å². The summed E-state index contributed by atoms with van der Waals surface area (Å²) in [5.41, 5.74) is 1.63. The van der Waals surface area contributed by atoms with Crippen molar-refractivity contribution in [2.24, 2.45) is 5.41 Å². The summed E-state index contributed by atoms with van der Waals surface area (Å²) in [4.78, 5) is 17.3.